The number of esters is 1. The minimum Gasteiger partial charge on any atom is -0.497 e. The maximum absolute atomic E-state index is 12.3. The average molecular weight is 406 g/mol. The summed E-state index contributed by atoms with van der Waals surface area (Å²) in [7, 11) is -1.39. The Morgan fingerprint density at radius 3 is 2.18 bits per heavy atom. The van der Waals surface area contributed by atoms with Crippen LogP contribution >= 0.6 is 0 Å². The fourth-order valence-corrected chi connectivity index (χ4v) is 3.79. The van der Waals surface area contributed by atoms with Gasteiger partial charge in [0.2, 0.25) is 10.0 Å². The molecule has 1 heterocycles. The van der Waals surface area contributed by atoms with E-state index in [0.717, 1.165) is 12.8 Å². The molecule has 2 N–H and O–H groups in total. The molecule has 0 atom stereocenters. The molecule has 1 aliphatic rings. The van der Waals surface area contributed by atoms with Crippen LogP contribution in [0, 0.1) is 0 Å². The largest absolute Gasteiger partial charge is 0.497 e. The normalized spacial score (nSPS) is 14.0. The lowest BCUT2D eigenvalue weighted by molar-refractivity contribution is 0.0600. The van der Waals surface area contributed by atoms with Gasteiger partial charge in [0.1, 0.15) is 16.4 Å². The second kappa shape index (κ2) is 8.07. The van der Waals surface area contributed by atoms with Gasteiger partial charge in [-0.05, 0) is 49.2 Å². The molecule has 2 aromatic carbocycles. The lowest BCUT2D eigenvalue weighted by atomic mass is 10.1. The van der Waals surface area contributed by atoms with Gasteiger partial charge in [-0.25, -0.2) is 18.4 Å². The van der Waals surface area contributed by atoms with Crippen LogP contribution in [0.3, 0.4) is 0 Å². The van der Waals surface area contributed by atoms with E-state index in [-0.39, 0.29) is 16.2 Å². The molecule has 150 valence electrons. The number of nitrogens with zero attached hydrogens (tertiary/aromatic N) is 1. The Balaban J connectivity index is 2.16. The van der Waals surface area contributed by atoms with Crippen LogP contribution in [0.2, 0.25) is 0 Å². The summed E-state index contributed by atoms with van der Waals surface area (Å²) in [4.78, 5) is 13.8. The number of ether oxygens (including phenoxy) is 3. The highest BCUT2D eigenvalue weighted by Crippen LogP contribution is 2.40. The van der Waals surface area contributed by atoms with E-state index in [9.17, 15) is 13.2 Å². The number of methoxy groups -OCH3 is 2. The lowest BCUT2D eigenvalue weighted by Crippen LogP contribution is -2.22. The van der Waals surface area contributed by atoms with Crippen molar-refractivity contribution in [3.8, 4) is 17.2 Å². The third-order valence-electron chi connectivity index (χ3n) is 4.49. The monoisotopic (exact) mass is 406 g/mol. The van der Waals surface area contributed by atoms with Crippen molar-refractivity contribution in [2.75, 3.05) is 32.2 Å². The number of nitrogens with two attached hydrogens (primary N) is 1. The van der Waals surface area contributed by atoms with Crippen molar-refractivity contribution in [2.45, 2.75) is 17.7 Å². The summed E-state index contributed by atoms with van der Waals surface area (Å²) < 4.78 is 40.4. The number of anilines is 1. The highest BCUT2D eigenvalue weighted by atomic mass is 32.2. The molecule has 2 aromatic rings. The van der Waals surface area contributed by atoms with Crippen molar-refractivity contribution in [2.24, 2.45) is 5.14 Å². The minimum absolute atomic E-state index is 0.0854. The molecule has 0 unspecified atom stereocenters. The van der Waals surface area contributed by atoms with Crippen molar-refractivity contribution in [3.05, 3.63) is 42.0 Å². The predicted octanol–water partition coefficient (Wildman–Crippen LogP) is 2.52. The fourth-order valence-electron chi connectivity index (χ4n) is 3.09. The summed E-state index contributed by atoms with van der Waals surface area (Å²) in [5, 5.41) is 5.44. The van der Waals surface area contributed by atoms with E-state index in [4.69, 9.17) is 19.3 Å². The highest BCUT2D eigenvalue weighted by molar-refractivity contribution is 7.89. The van der Waals surface area contributed by atoms with Gasteiger partial charge in [0.15, 0.2) is 5.75 Å². The van der Waals surface area contributed by atoms with Gasteiger partial charge in [-0.2, -0.15) is 0 Å². The number of hydrogen-bond acceptors (Lipinski definition) is 7. The molecule has 0 amide bonds. The van der Waals surface area contributed by atoms with Gasteiger partial charge in [0.25, 0.3) is 0 Å². The van der Waals surface area contributed by atoms with E-state index in [1.165, 1.54) is 13.2 Å². The van der Waals surface area contributed by atoms with Crippen LogP contribution < -0.4 is 19.5 Å². The van der Waals surface area contributed by atoms with Gasteiger partial charge in [-0.1, -0.05) is 0 Å². The van der Waals surface area contributed by atoms with Gasteiger partial charge in [0.05, 0.1) is 25.5 Å². The number of hydrogen-bond donors (Lipinski definition) is 1. The molecule has 0 saturated carbocycles. The molecule has 9 heteroatoms. The molecular weight excluding hydrogens is 384 g/mol. The first-order valence-corrected chi connectivity index (χ1v) is 10.2. The number of sulfonamides is 1. The molecule has 1 saturated heterocycles. The van der Waals surface area contributed by atoms with Gasteiger partial charge < -0.3 is 19.1 Å². The summed E-state index contributed by atoms with van der Waals surface area (Å²) in [6, 6.07) is 9.47. The Labute approximate surface area is 163 Å². The highest BCUT2D eigenvalue weighted by Gasteiger charge is 2.27. The zero-order valence-electron chi connectivity index (χ0n) is 15.7. The maximum atomic E-state index is 12.3. The predicted molar refractivity (Wildman–Crippen MR) is 104 cm³/mol. The molecule has 8 nitrogen and oxygen atoms in total. The zero-order valence-corrected chi connectivity index (χ0v) is 16.5. The van der Waals surface area contributed by atoms with Gasteiger partial charge in [0, 0.05) is 13.1 Å². The Bertz CT molecular complexity index is 967. The van der Waals surface area contributed by atoms with Gasteiger partial charge in [-0.15, -0.1) is 0 Å². The van der Waals surface area contributed by atoms with Crippen LogP contribution in [0.5, 0.6) is 17.2 Å². The summed E-state index contributed by atoms with van der Waals surface area (Å²) in [5.41, 5.74) is 0.579. The number of primary sulfonamides is 1. The van der Waals surface area contributed by atoms with Crippen molar-refractivity contribution in [1.82, 2.24) is 0 Å². The molecule has 28 heavy (non-hydrogen) atoms. The fraction of sp³-hybridized carbons (Fsp3) is 0.316. The molecule has 3 rings (SSSR count). The van der Waals surface area contributed by atoms with Crippen molar-refractivity contribution >= 4 is 21.7 Å². The topological polar surface area (TPSA) is 108 Å². The number of carbonyl (C=O) groups is 1. The third-order valence-corrected chi connectivity index (χ3v) is 5.41. The molecule has 0 radical (unpaired) electrons. The summed E-state index contributed by atoms with van der Waals surface area (Å²) in [6.07, 6.45) is 1.91. The molecule has 0 spiro atoms. The summed E-state index contributed by atoms with van der Waals surface area (Å²) in [5.74, 6) is 0.486. The second-order valence-electron chi connectivity index (χ2n) is 6.33. The summed E-state index contributed by atoms with van der Waals surface area (Å²) in [6.45, 7) is 1.43. The van der Waals surface area contributed by atoms with Crippen molar-refractivity contribution in [3.63, 3.8) is 0 Å². The van der Waals surface area contributed by atoms with E-state index in [2.05, 4.69) is 0 Å². The molecule has 1 fully saturated rings. The second-order valence-corrected chi connectivity index (χ2v) is 7.86. The molecule has 0 aromatic heterocycles. The van der Waals surface area contributed by atoms with Crippen LogP contribution in [-0.2, 0) is 14.8 Å². The Hall–Kier alpha value is -2.78. The zero-order chi connectivity index (χ0) is 20.3. The molecule has 1 aliphatic heterocycles. The van der Waals surface area contributed by atoms with E-state index < -0.39 is 16.0 Å². The van der Waals surface area contributed by atoms with Crippen LogP contribution in [0.15, 0.2) is 41.3 Å². The van der Waals surface area contributed by atoms with Crippen molar-refractivity contribution in [1.29, 1.82) is 0 Å². The van der Waals surface area contributed by atoms with E-state index in [1.54, 1.807) is 37.4 Å². The van der Waals surface area contributed by atoms with Gasteiger partial charge in [-0.3, -0.25) is 0 Å². The maximum Gasteiger partial charge on any atom is 0.337 e. The Morgan fingerprint density at radius 1 is 1.04 bits per heavy atom. The first kappa shape index (κ1) is 20.0. The van der Waals surface area contributed by atoms with E-state index >= 15 is 0 Å². The van der Waals surface area contributed by atoms with Crippen molar-refractivity contribution < 1.29 is 27.4 Å². The van der Waals surface area contributed by atoms with E-state index in [1.807, 2.05) is 4.90 Å². The van der Waals surface area contributed by atoms with Crippen LogP contribution in [0.25, 0.3) is 0 Å². The molecular formula is C19H22N2O6S. The SMILES string of the molecule is COC(=O)c1cc(N2CCCC2)c(Oc2ccc(OC)cc2)c(S(N)(=O)=O)c1. The number of carbonyl (C=O) groups excluding carboxylic acids is 1. The Kier molecular flexibility index (Phi) is 5.76. The average Bonchev–Trinajstić information content (AvgIpc) is 3.21. The summed E-state index contributed by atoms with van der Waals surface area (Å²) >= 11 is 0. The number of rotatable bonds is 6. The third kappa shape index (κ3) is 4.20. The van der Waals surface area contributed by atoms with Crippen LogP contribution in [0.1, 0.15) is 23.2 Å². The molecule has 0 bridgehead atoms. The van der Waals surface area contributed by atoms with Crippen LogP contribution in [0.4, 0.5) is 5.69 Å². The Morgan fingerprint density at radius 2 is 1.64 bits per heavy atom. The quantitative estimate of drug-likeness (QED) is 0.734. The standard InChI is InChI=1S/C19H22N2O6S/c1-25-14-5-7-15(8-6-14)27-18-16(21-9-3-4-10-21)11-13(19(22)26-2)12-17(18)28(20,23)24/h5-8,11-12H,3-4,9-10H2,1-2H3,(H2,20,23,24). The first-order chi connectivity index (χ1) is 13.3. The van der Waals surface area contributed by atoms with Gasteiger partial charge >= 0.3 is 5.97 Å². The minimum atomic E-state index is -4.17. The van der Waals surface area contributed by atoms with Crippen LogP contribution in [-0.4, -0.2) is 41.7 Å². The molecule has 0 aliphatic carbocycles. The first-order valence-electron chi connectivity index (χ1n) is 8.69. The van der Waals surface area contributed by atoms with E-state index in [0.29, 0.717) is 30.3 Å². The lowest BCUT2D eigenvalue weighted by Gasteiger charge is -2.23. The smallest absolute Gasteiger partial charge is 0.337 e. The number of benzene rings is 2.